The van der Waals surface area contributed by atoms with Gasteiger partial charge < -0.3 is 15.0 Å². The average Bonchev–Trinajstić information content (AvgIpc) is 2.58. The van der Waals surface area contributed by atoms with E-state index in [0.29, 0.717) is 40.5 Å². The number of benzene rings is 1. The largest absolute Gasteiger partial charge is 0.472 e. The lowest BCUT2D eigenvalue weighted by molar-refractivity contribution is 0.102. The van der Waals surface area contributed by atoms with Gasteiger partial charge in [-0.25, -0.2) is 9.78 Å². The molecule has 25 heavy (non-hydrogen) atoms. The molecule has 0 spiro atoms. The number of hydrogen-bond acceptors (Lipinski definition) is 4. The molecule has 3 rings (SSSR count). The monoisotopic (exact) mass is 380 g/mol. The van der Waals surface area contributed by atoms with E-state index in [4.69, 9.17) is 27.9 Å². The second kappa shape index (κ2) is 7.89. The highest BCUT2D eigenvalue weighted by Crippen LogP contribution is 2.25. The summed E-state index contributed by atoms with van der Waals surface area (Å²) in [4.78, 5) is 22.5. The quantitative estimate of drug-likeness (QED) is 0.867. The topological polar surface area (TPSA) is 67.3 Å². The van der Waals surface area contributed by atoms with Gasteiger partial charge in [0.15, 0.2) is 0 Å². The fourth-order valence-corrected chi connectivity index (χ4v) is 2.96. The van der Waals surface area contributed by atoms with Gasteiger partial charge in [-0.3, -0.25) is 0 Å². The van der Waals surface area contributed by atoms with Crippen LogP contribution in [0.2, 0.25) is 10.0 Å². The molecule has 8 heteroatoms. The predicted octanol–water partition coefficient (Wildman–Crippen LogP) is 4.17. The Morgan fingerprint density at radius 1 is 1.32 bits per heavy atom. The van der Waals surface area contributed by atoms with Gasteiger partial charge in [0.1, 0.15) is 11.9 Å². The number of piperidine rings is 1. The van der Waals surface area contributed by atoms with Crippen LogP contribution in [0.15, 0.2) is 30.5 Å². The molecule has 2 aromatic rings. The predicted molar refractivity (Wildman–Crippen MR) is 97.5 cm³/mol. The van der Waals surface area contributed by atoms with Gasteiger partial charge in [-0.1, -0.05) is 23.2 Å². The molecule has 1 aromatic carbocycles. The Hall–Kier alpha value is -2.05. The van der Waals surface area contributed by atoms with E-state index in [1.54, 1.807) is 35.4 Å². The van der Waals surface area contributed by atoms with Crippen LogP contribution in [0, 0.1) is 6.92 Å². The van der Waals surface area contributed by atoms with Crippen LogP contribution in [0.4, 0.5) is 10.5 Å². The van der Waals surface area contributed by atoms with Crippen molar-refractivity contribution in [3.05, 3.63) is 46.3 Å². The van der Waals surface area contributed by atoms with Gasteiger partial charge in [-0.05, 0) is 38.0 Å². The Labute approximate surface area is 156 Å². The molecule has 0 bridgehead atoms. The minimum Gasteiger partial charge on any atom is -0.472 e. The molecule has 6 nitrogen and oxygen atoms in total. The number of carbonyl (C=O) groups is 1. The fraction of sp³-hybridized carbons (Fsp3) is 0.353. The van der Waals surface area contributed by atoms with Crippen LogP contribution in [0.25, 0.3) is 0 Å². The second-order valence-electron chi connectivity index (χ2n) is 5.83. The smallest absolute Gasteiger partial charge is 0.321 e. The van der Waals surface area contributed by atoms with Crippen molar-refractivity contribution in [2.45, 2.75) is 25.9 Å². The minimum absolute atomic E-state index is 0.0948. The molecule has 0 aliphatic carbocycles. The van der Waals surface area contributed by atoms with E-state index in [0.717, 1.165) is 12.8 Å². The number of anilines is 1. The van der Waals surface area contributed by atoms with Gasteiger partial charge in [-0.2, -0.15) is 4.98 Å². The van der Waals surface area contributed by atoms with Crippen LogP contribution in [-0.4, -0.2) is 40.1 Å². The summed E-state index contributed by atoms with van der Waals surface area (Å²) < 4.78 is 5.89. The molecule has 1 aromatic heterocycles. The summed E-state index contributed by atoms with van der Waals surface area (Å²) in [6.45, 7) is 2.98. The lowest BCUT2D eigenvalue weighted by Crippen LogP contribution is -2.46. The summed E-state index contributed by atoms with van der Waals surface area (Å²) in [5.41, 5.74) is 0.605. The molecule has 1 aliphatic rings. The van der Waals surface area contributed by atoms with Gasteiger partial charge in [0.05, 0.1) is 16.6 Å². The molecule has 132 valence electrons. The Morgan fingerprint density at radius 2 is 2.16 bits per heavy atom. The Kier molecular flexibility index (Phi) is 5.60. The number of rotatable bonds is 3. The normalized spacial score (nSPS) is 17.2. The van der Waals surface area contributed by atoms with E-state index in [1.807, 2.05) is 6.92 Å². The standard InChI is InChI=1S/C17H18Cl2N4O2/c1-11-20-7-6-16(21-11)25-13-3-2-8-23(10-13)17(24)22-12-4-5-14(18)15(19)9-12/h4-7,9,13H,2-3,8,10H2,1H3,(H,22,24). The number of nitrogens with zero attached hydrogens (tertiary/aromatic N) is 3. The molecule has 1 atom stereocenters. The van der Waals surface area contributed by atoms with Crippen molar-refractivity contribution in [3.63, 3.8) is 0 Å². The van der Waals surface area contributed by atoms with Crippen molar-refractivity contribution >= 4 is 34.9 Å². The maximum absolute atomic E-state index is 12.5. The number of halogens is 2. The van der Waals surface area contributed by atoms with E-state index in [1.165, 1.54) is 0 Å². The molecule has 1 aliphatic heterocycles. The first-order valence-electron chi connectivity index (χ1n) is 7.98. The van der Waals surface area contributed by atoms with Gasteiger partial charge >= 0.3 is 6.03 Å². The van der Waals surface area contributed by atoms with Gasteiger partial charge in [0.2, 0.25) is 5.88 Å². The van der Waals surface area contributed by atoms with Crippen LogP contribution in [0.5, 0.6) is 5.88 Å². The number of likely N-dealkylation sites (tertiary alicyclic amines) is 1. The van der Waals surface area contributed by atoms with Gasteiger partial charge in [-0.15, -0.1) is 0 Å². The zero-order valence-corrected chi connectivity index (χ0v) is 15.2. The molecule has 0 radical (unpaired) electrons. The average molecular weight is 381 g/mol. The van der Waals surface area contributed by atoms with E-state index < -0.39 is 0 Å². The number of carbonyl (C=O) groups excluding carboxylic acids is 1. The number of nitrogens with one attached hydrogen (secondary N) is 1. The molecule has 1 N–H and O–H groups in total. The lowest BCUT2D eigenvalue weighted by atomic mass is 10.1. The van der Waals surface area contributed by atoms with Crippen molar-refractivity contribution in [3.8, 4) is 5.88 Å². The fourth-order valence-electron chi connectivity index (χ4n) is 2.67. The number of amides is 2. The summed E-state index contributed by atoms with van der Waals surface area (Å²) in [6.07, 6.45) is 3.31. The van der Waals surface area contributed by atoms with Crippen LogP contribution in [0.1, 0.15) is 18.7 Å². The van der Waals surface area contributed by atoms with Crippen molar-refractivity contribution < 1.29 is 9.53 Å². The van der Waals surface area contributed by atoms with Crippen LogP contribution >= 0.6 is 23.2 Å². The number of urea groups is 1. The molecule has 2 amide bonds. The van der Waals surface area contributed by atoms with Gasteiger partial charge in [0.25, 0.3) is 0 Å². The van der Waals surface area contributed by atoms with Crippen molar-refractivity contribution in [1.29, 1.82) is 0 Å². The van der Waals surface area contributed by atoms with E-state index in [9.17, 15) is 4.79 Å². The first-order chi connectivity index (χ1) is 12.0. The Morgan fingerprint density at radius 3 is 2.92 bits per heavy atom. The number of hydrogen-bond donors (Lipinski definition) is 1. The highest BCUT2D eigenvalue weighted by Gasteiger charge is 2.25. The third-order valence-electron chi connectivity index (χ3n) is 3.87. The van der Waals surface area contributed by atoms with Crippen LogP contribution in [0.3, 0.4) is 0 Å². The van der Waals surface area contributed by atoms with Crippen LogP contribution in [-0.2, 0) is 0 Å². The molecular formula is C17H18Cl2N4O2. The molecule has 1 fully saturated rings. The van der Waals surface area contributed by atoms with Crippen molar-refractivity contribution in [1.82, 2.24) is 14.9 Å². The summed E-state index contributed by atoms with van der Waals surface area (Å²) >= 11 is 11.9. The molecule has 2 heterocycles. The first kappa shape index (κ1) is 17.8. The zero-order valence-electron chi connectivity index (χ0n) is 13.7. The molecule has 1 saturated heterocycles. The third-order valence-corrected chi connectivity index (χ3v) is 4.61. The van der Waals surface area contributed by atoms with Crippen molar-refractivity contribution in [2.75, 3.05) is 18.4 Å². The first-order valence-corrected chi connectivity index (χ1v) is 8.74. The molecule has 0 saturated carbocycles. The highest BCUT2D eigenvalue weighted by atomic mass is 35.5. The molecular weight excluding hydrogens is 363 g/mol. The summed E-state index contributed by atoms with van der Waals surface area (Å²) in [6, 6.07) is 6.53. The second-order valence-corrected chi connectivity index (χ2v) is 6.64. The van der Waals surface area contributed by atoms with E-state index >= 15 is 0 Å². The SMILES string of the molecule is Cc1nccc(OC2CCCN(C(=O)Nc3ccc(Cl)c(Cl)c3)C2)n1. The zero-order chi connectivity index (χ0) is 17.8. The number of aromatic nitrogens is 2. The number of aryl methyl sites for hydroxylation is 1. The summed E-state index contributed by atoms with van der Waals surface area (Å²) in [7, 11) is 0. The summed E-state index contributed by atoms with van der Waals surface area (Å²) in [5.74, 6) is 1.19. The third kappa shape index (κ3) is 4.74. The number of ether oxygens (including phenoxy) is 1. The Bertz CT molecular complexity index is 772. The Balaban J connectivity index is 1.60. The maximum atomic E-state index is 12.5. The van der Waals surface area contributed by atoms with Crippen LogP contribution < -0.4 is 10.1 Å². The lowest BCUT2D eigenvalue weighted by Gasteiger charge is -2.32. The summed E-state index contributed by atoms with van der Waals surface area (Å²) in [5, 5.41) is 3.69. The van der Waals surface area contributed by atoms with Gasteiger partial charge in [0, 0.05) is 24.5 Å². The van der Waals surface area contributed by atoms with Crippen molar-refractivity contribution in [2.24, 2.45) is 0 Å². The molecule has 1 unspecified atom stereocenters. The minimum atomic E-state index is -0.189. The van der Waals surface area contributed by atoms with E-state index in [2.05, 4.69) is 15.3 Å². The maximum Gasteiger partial charge on any atom is 0.321 e. The van der Waals surface area contributed by atoms with E-state index in [-0.39, 0.29) is 12.1 Å². The highest BCUT2D eigenvalue weighted by molar-refractivity contribution is 6.42.